The van der Waals surface area contributed by atoms with Crippen LogP contribution in [0.15, 0.2) is 33.9 Å². The fourth-order valence-electron chi connectivity index (χ4n) is 3.55. The minimum atomic E-state index is -0.226. The van der Waals surface area contributed by atoms with Gasteiger partial charge in [-0.2, -0.15) is 0 Å². The van der Waals surface area contributed by atoms with Crippen LogP contribution in [0.3, 0.4) is 0 Å². The van der Waals surface area contributed by atoms with Crippen molar-refractivity contribution in [1.29, 1.82) is 0 Å². The SMILES string of the molecule is CC1CCC(C(C)C)C(OC(=O)CSc2nnc(-c3ccc(Cl)cc3)o2)C1. The maximum absolute atomic E-state index is 12.3. The van der Waals surface area contributed by atoms with Gasteiger partial charge in [-0.25, -0.2) is 0 Å². The van der Waals surface area contributed by atoms with Crippen molar-refractivity contribution >= 4 is 29.3 Å². The van der Waals surface area contributed by atoms with Crippen molar-refractivity contribution in [3.63, 3.8) is 0 Å². The number of hydrogen-bond donors (Lipinski definition) is 0. The average molecular weight is 409 g/mol. The highest BCUT2D eigenvalue weighted by atomic mass is 35.5. The van der Waals surface area contributed by atoms with E-state index in [1.54, 1.807) is 12.1 Å². The minimum absolute atomic E-state index is 0.00848. The van der Waals surface area contributed by atoms with Crippen molar-refractivity contribution in [1.82, 2.24) is 10.2 Å². The second kappa shape index (κ2) is 9.11. The lowest BCUT2D eigenvalue weighted by Gasteiger charge is -2.36. The number of hydrogen-bond acceptors (Lipinski definition) is 6. The number of carbonyl (C=O) groups is 1. The Morgan fingerprint density at radius 3 is 2.74 bits per heavy atom. The first-order valence-corrected chi connectivity index (χ1v) is 10.7. The van der Waals surface area contributed by atoms with Crippen LogP contribution in [0.5, 0.6) is 0 Å². The number of halogens is 1. The smallest absolute Gasteiger partial charge is 0.316 e. The van der Waals surface area contributed by atoms with Crippen LogP contribution < -0.4 is 0 Å². The van der Waals surface area contributed by atoms with Gasteiger partial charge in [-0.05, 0) is 54.9 Å². The van der Waals surface area contributed by atoms with E-state index in [0.29, 0.717) is 33.9 Å². The molecule has 0 radical (unpaired) electrons. The number of thioether (sulfide) groups is 1. The van der Waals surface area contributed by atoms with E-state index in [4.69, 9.17) is 20.8 Å². The molecule has 2 aromatic rings. The maximum Gasteiger partial charge on any atom is 0.316 e. The number of nitrogens with zero attached hydrogens (tertiary/aromatic N) is 2. The van der Waals surface area contributed by atoms with Gasteiger partial charge in [0.25, 0.3) is 5.22 Å². The summed E-state index contributed by atoms with van der Waals surface area (Å²) in [4.78, 5) is 12.3. The minimum Gasteiger partial charge on any atom is -0.461 e. The number of esters is 1. The Morgan fingerprint density at radius 2 is 2.04 bits per heavy atom. The molecule has 1 aromatic carbocycles. The molecule has 3 atom stereocenters. The molecule has 0 saturated heterocycles. The molecule has 1 saturated carbocycles. The van der Waals surface area contributed by atoms with Crippen molar-refractivity contribution in [3.8, 4) is 11.5 Å². The van der Waals surface area contributed by atoms with Crippen LogP contribution in [0.25, 0.3) is 11.5 Å². The van der Waals surface area contributed by atoms with E-state index in [9.17, 15) is 4.79 Å². The second-order valence-electron chi connectivity index (χ2n) is 7.52. The zero-order valence-corrected chi connectivity index (χ0v) is 17.4. The van der Waals surface area contributed by atoms with Crippen LogP contribution in [0.4, 0.5) is 0 Å². The molecule has 5 nitrogen and oxygen atoms in total. The highest BCUT2D eigenvalue weighted by Crippen LogP contribution is 2.35. The van der Waals surface area contributed by atoms with Crippen molar-refractivity contribution in [2.45, 2.75) is 51.4 Å². The molecule has 0 aliphatic heterocycles. The standard InChI is InChI=1S/C20H25ClN2O3S/c1-12(2)16-9-4-13(3)10-17(16)25-18(24)11-27-20-23-22-19(26-20)14-5-7-15(21)8-6-14/h5-8,12-13,16-17H,4,9-11H2,1-3H3. The highest BCUT2D eigenvalue weighted by molar-refractivity contribution is 7.99. The summed E-state index contributed by atoms with van der Waals surface area (Å²) in [5, 5.41) is 9.02. The van der Waals surface area contributed by atoms with Crippen molar-refractivity contribution in [2.24, 2.45) is 17.8 Å². The Hall–Kier alpha value is -1.53. The number of carbonyl (C=O) groups excluding carboxylic acids is 1. The lowest BCUT2D eigenvalue weighted by molar-refractivity contribution is -0.152. The third kappa shape index (κ3) is 5.48. The molecule has 1 fully saturated rings. The monoisotopic (exact) mass is 408 g/mol. The third-order valence-electron chi connectivity index (χ3n) is 5.06. The molecule has 3 rings (SSSR count). The van der Waals surface area contributed by atoms with Gasteiger partial charge >= 0.3 is 5.97 Å². The van der Waals surface area contributed by atoms with Gasteiger partial charge in [0.1, 0.15) is 11.9 Å². The molecule has 0 N–H and O–H groups in total. The zero-order chi connectivity index (χ0) is 19.4. The van der Waals surface area contributed by atoms with E-state index in [-0.39, 0.29) is 17.8 Å². The number of ether oxygens (including phenoxy) is 1. The van der Waals surface area contributed by atoms with Crippen molar-refractivity contribution in [3.05, 3.63) is 29.3 Å². The second-order valence-corrected chi connectivity index (χ2v) is 8.89. The Morgan fingerprint density at radius 1 is 1.30 bits per heavy atom. The van der Waals surface area contributed by atoms with E-state index in [1.165, 1.54) is 18.2 Å². The summed E-state index contributed by atoms with van der Waals surface area (Å²) in [7, 11) is 0. The first-order chi connectivity index (χ1) is 12.9. The van der Waals surface area contributed by atoms with E-state index >= 15 is 0 Å². The average Bonchev–Trinajstić information content (AvgIpc) is 3.09. The van der Waals surface area contributed by atoms with Crippen LogP contribution in [-0.2, 0) is 9.53 Å². The maximum atomic E-state index is 12.3. The first-order valence-electron chi connectivity index (χ1n) is 9.34. The fraction of sp³-hybridized carbons (Fsp3) is 0.550. The molecular formula is C20H25ClN2O3S. The summed E-state index contributed by atoms with van der Waals surface area (Å²) in [6.45, 7) is 6.63. The molecule has 27 heavy (non-hydrogen) atoms. The van der Waals surface area contributed by atoms with Crippen LogP contribution in [-0.4, -0.2) is 28.0 Å². The van der Waals surface area contributed by atoms with Crippen LogP contribution in [0, 0.1) is 17.8 Å². The van der Waals surface area contributed by atoms with Crippen LogP contribution in [0.1, 0.15) is 40.0 Å². The normalized spacial score (nSPS) is 22.8. The Balaban J connectivity index is 1.54. The molecule has 3 unspecified atom stereocenters. The summed E-state index contributed by atoms with van der Waals surface area (Å²) in [5.74, 6) is 1.90. The molecule has 1 aliphatic rings. The topological polar surface area (TPSA) is 65.2 Å². The number of rotatable bonds is 6. The first kappa shape index (κ1) is 20.2. The molecule has 7 heteroatoms. The van der Waals surface area contributed by atoms with Gasteiger partial charge < -0.3 is 9.15 Å². The Kier molecular flexibility index (Phi) is 6.82. The number of benzene rings is 1. The molecule has 1 aromatic heterocycles. The highest BCUT2D eigenvalue weighted by Gasteiger charge is 2.33. The molecule has 1 aliphatic carbocycles. The molecule has 0 bridgehead atoms. The fourth-order valence-corrected chi connectivity index (χ4v) is 4.22. The van der Waals surface area contributed by atoms with E-state index in [2.05, 4.69) is 31.0 Å². The lowest BCUT2D eigenvalue weighted by atomic mass is 9.75. The van der Waals surface area contributed by atoms with Gasteiger partial charge in [-0.15, -0.1) is 10.2 Å². The summed E-state index contributed by atoms with van der Waals surface area (Å²) < 4.78 is 11.4. The van der Waals surface area contributed by atoms with Crippen molar-refractivity contribution < 1.29 is 13.9 Å². The van der Waals surface area contributed by atoms with E-state index in [0.717, 1.165) is 18.4 Å². The summed E-state index contributed by atoms with van der Waals surface area (Å²) in [6.07, 6.45) is 3.29. The van der Waals surface area contributed by atoms with Gasteiger partial charge in [-0.3, -0.25) is 4.79 Å². The van der Waals surface area contributed by atoms with Gasteiger partial charge in [0.05, 0.1) is 0 Å². The summed E-state index contributed by atoms with van der Waals surface area (Å²) in [5.41, 5.74) is 0.789. The van der Waals surface area contributed by atoms with Crippen LogP contribution in [0.2, 0.25) is 5.02 Å². The Labute approximate surface area is 169 Å². The predicted octanol–water partition coefficient (Wildman–Crippen LogP) is 5.49. The molecular weight excluding hydrogens is 384 g/mol. The van der Waals surface area contributed by atoms with Gasteiger partial charge in [0.2, 0.25) is 5.89 Å². The van der Waals surface area contributed by atoms with Gasteiger partial charge in [-0.1, -0.05) is 50.6 Å². The summed E-state index contributed by atoms with van der Waals surface area (Å²) in [6, 6.07) is 7.16. The van der Waals surface area contributed by atoms with Gasteiger partial charge in [0.15, 0.2) is 0 Å². The van der Waals surface area contributed by atoms with Crippen LogP contribution >= 0.6 is 23.4 Å². The zero-order valence-electron chi connectivity index (χ0n) is 15.9. The largest absolute Gasteiger partial charge is 0.461 e. The Bertz CT molecular complexity index is 763. The lowest BCUT2D eigenvalue weighted by Crippen LogP contribution is -2.36. The van der Waals surface area contributed by atoms with E-state index in [1.807, 2.05) is 12.1 Å². The summed E-state index contributed by atoms with van der Waals surface area (Å²) >= 11 is 7.09. The quantitative estimate of drug-likeness (QED) is 0.465. The molecule has 0 spiro atoms. The molecule has 0 amide bonds. The third-order valence-corrected chi connectivity index (χ3v) is 6.10. The molecule has 146 valence electrons. The predicted molar refractivity (Wildman–Crippen MR) is 107 cm³/mol. The van der Waals surface area contributed by atoms with E-state index < -0.39 is 0 Å². The van der Waals surface area contributed by atoms with Gasteiger partial charge in [0, 0.05) is 10.6 Å². The van der Waals surface area contributed by atoms with Crippen molar-refractivity contribution in [2.75, 3.05) is 5.75 Å². The number of aromatic nitrogens is 2. The molecule has 1 heterocycles.